The number of amides is 2. The number of carbonyl (C=O) groups is 3. The summed E-state index contributed by atoms with van der Waals surface area (Å²) in [5.74, 6) is 0.111. The largest absolute Gasteiger partial charge is 0.487 e. The van der Waals surface area contributed by atoms with Gasteiger partial charge in [0.05, 0.1) is 11.6 Å². The van der Waals surface area contributed by atoms with Gasteiger partial charge in [0, 0.05) is 25.7 Å². The number of aromatic nitrogens is 2. The van der Waals surface area contributed by atoms with Gasteiger partial charge in [0.15, 0.2) is 11.5 Å². The fraction of sp³-hybridized carbons (Fsp3) is 0.368. The monoisotopic (exact) mass is 370 g/mol. The normalized spacial score (nSPS) is 16.2. The number of hydrogen-bond donors (Lipinski definition) is 2. The van der Waals surface area contributed by atoms with Crippen LogP contribution in [0.15, 0.2) is 30.3 Å². The summed E-state index contributed by atoms with van der Waals surface area (Å²) in [5, 5.41) is 9.47. The predicted octanol–water partition coefficient (Wildman–Crippen LogP) is 1.40. The Labute approximate surface area is 156 Å². The van der Waals surface area contributed by atoms with Crippen molar-refractivity contribution >= 4 is 17.6 Å². The molecule has 0 radical (unpaired) electrons. The van der Waals surface area contributed by atoms with E-state index in [0.29, 0.717) is 42.2 Å². The number of H-pyrrole nitrogens is 1. The average molecular weight is 370 g/mol. The van der Waals surface area contributed by atoms with Crippen LogP contribution in [0, 0.1) is 5.92 Å². The second kappa shape index (κ2) is 8.03. The molecule has 142 valence electrons. The number of ketones is 1. The van der Waals surface area contributed by atoms with E-state index in [1.165, 1.54) is 6.92 Å². The third-order valence-electron chi connectivity index (χ3n) is 4.58. The van der Waals surface area contributed by atoms with Crippen molar-refractivity contribution in [2.45, 2.75) is 20.0 Å². The summed E-state index contributed by atoms with van der Waals surface area (Å²) >= 11 is 0. The van der Waals surface area contributed by atoms with Crippen LogP contribution in [0.4, 0.5) is 0 Å². The number of Topliss-reactive ketones (excluding diaryl/α,β-unsaturated/α-hetero) is 1. The first-order valence-corrected chi connectivity index (χ1v) is 8.77. The van der Waals surface area contributed by atoms with E-state index in [-0.39, 0.29) is 30.1 Å². The van der Waals surface area contributed by atoms with Crippen LogP contribution in [0.1, 0.15) is 39.9 Å². The van der Waals surface area contributed by atoms with Crippen LogP contribution in [-0.4, -0.2) is 52.8 Å². The summed E-state index contributed by atoms with van der Waals surface area (Å²) in [6, 6.07) is 8.56. The van der Waals surface area contributed by atoms with Crippen molar-refractivity contribution < 1.29 is 19.1 Å². The Morgan fingerprint density at radius 3 is 2.89 bits per heavy atom. The van der Waals surface area contributed by atoms with Gasteiger partial charge >= 0.3 is 0 Å². The molecule has 27 heavy (non-hydrogen) atoms. The van der Waals surface area contributed by atoms with Gasteiger partial charge in [0.1, 0.15) is 12.4 Å². The zero-order chi connectivity index (χ0) is 19.4. The third kappa shape index (κ3) is 4.33. The number of aromatic amines is 1. The van der Waals surface area contributed by atoms with Gasteiger partial charge < -0.3 is 15.0 Å². The lowest BCUT2D eigenvalue weighted by molar-refractivity contribution is -0.124. The molecular formula is C19H22N4O4. The van der Waals surface area contributed by atoms with Gasteiger partial charge in [0.2, 0.25) is 5.91 Å². The molecule has 0 bridgehead atoms. The van der Waals surface area contributed by atoms with Crippen LogP contribution < -0.4 is 10.1 Å². The lowest BCUT2D eigenvalue weighted by Gasteiger charge is -2.14. The lowest BCUT2D eigenvalue weighted by atomic mass is 10.1. The topological polar surface area (TPSA) is 104 Å². The maximum absolute atomic E-state index is 12.5. The Hall–Kier alpha value is -3.16. The van der Waals surface area contributed by atoms with Crippen molar-refractivity contribution in [3.63, 3.8) is 0 Å². The Balaban J connectivity index is 1.58. The number of carbonyl (C=O) groups excluding carboxylic acids is 3. The lowest BCUT2D eigenvalue weighted by Crippen LogP contribution is -2.33. The van der Waals surface area contributed by atoms with Gasteiger partial charge in [-0.15, -0.1) is 0 Å². The predicted molar refractivity (Wildman–Crippen MR) is 97.4 cm³/mol. The summed E-state index contributed by atoms with van der Waals surface area (Å²) in [7, 11) is 1.60. The van der Waals surface area contributed by atoms with Crippen molar-refractivity contribution in [2.24, 2.45) is 5.92 Å². The molecule has 1 atom stereocenters. The molecule has 1 aromatic heterocycles. The molecule has 0 unspecified atom stereocenters. The smallest absolute Gasteiger partial charge is 0.274 e. The van der Waals surface area contributed by atoms with Gasteiger partial charge in [-0.2, -0.15) is 5.10 Å². The molecule has 8 heteroatoms. The van der Waals surface area contributed by atoms with E-state index in [0.717, 1.165) is 0 Å². The molecule has 0 saturated carbocycles. The number of likely N-dealkylation sites (tertiary alicyclic amines) is 1. The molecule has 1 saturated heterocycles. The van der Waals surface area contributed by atoms with Gasteiger partial charge in [-0.1, -0.05) is 12.1 Å². The minimum absolute atomic E-state index is 0.0319. The summed E-state index contributed by atoms with van der Waals surface area (Å²) in [6.45, 7) is 2.63. The molecule has 1 fully saturated rings. The zero-order valence-corrected chi connectivity index (χ0v) is 15.3. The first-order valence-electron chi connectivity index (χ1n) is 8.77. The van der Waals surface area contributed by atoms with Gasteiger partial charge in [-0.3, -0.25) is 19.5 Å². The van der Waals surface area contributed by atoms with Crippen LogP contribution in [0.3, 0.4) is 0 Å². The van der Waals surface area contributed by atoms with E-state index in [2.05, 4.69) is 15.5 Å². The van der Waals surface area contributed by atoms with E-state index in [9.17, 15) is 14.4 Å². The van der Waals surface area contributed by atoms with Crippen molar-refractivity contribution in [2.75, 3.05) is 20.1 Å². The molecule has 1 aliphatic rings. The fourth-order valence-corrected chi connectivity index (χ4v) is 3.04. The molecule has 2 N–H and O–H groups in total. The molecule has 3 rings (SSSR count). The number of benzene rings is 1. The molecule has 1 aromatic carbocycles. The molecule has 8 nitrogen and oxygen atoms in total. The van der Waals surface area contributed by atoms with E-state index in [4.69, 9.17) is 4.74 Å². The summed E-state index contributed by atoms with van der Waals surface area (Å²) in [4.78, 5) is 37.3. The molecular weight excluding hydrogens is 348 g/mol. The Kier molecular flexibility index (Phi) is 5.54. The Bertz CT molecular complexity index is 861. The highest BCUT2D eigenvalue weighted by Gasteiger charge is 2.31. The fourth-order valence-electron chi connectivity index (χ4n) is 3.04. The van der Waals surface area contributed by atoms with Crippen molar-refractivity contribution in [1.29, 1.82) is 0 Å². The molecule has 2 heterocycles. The summed E-state index contributed by atoms with van der Waals surface area (Å²) in [5.41, 5.74) is 1.52. The molecule has 0 spiro atoms. The maximum atomic E-state index is 12.5. The molecule has 1 aliphatic heterocycles. The van der Waals surface area contributed by atoms with Crippen LogP contribution >= 0.6 is 0 Å². The molecule has 0 aliphatic carbocycles. The number of nitrogens with one attached hydrogen (secondary N) is 2. The van der Waals surface area contributed by atoms with Crippen molar-refractivity contribution in [3.05, 3.63) is 47.3 Å². The summed E-state index contributed by atoms with van der Waals surface area (Å²) in [6.07, 6.45) is 0.651. The number of ether oxygens (including phenoxy) is 1. The van der Waals surface area contributed by atoms with E-state index in [1.807, 2.05) is 0 Å². The number of nitrogens with zero attached hydrogens (tertiary/aromatic N) is 2. The van der Waals surface area contributed by atoms with Gasteiger partial charge in [-0.05, 0) is 31.5 Å². The zero-order valence-electron chi connectivity index (χ0n) is 15.3. The standard InChI is InChI=1S/C19H22N4O4/c1-12(24)13-4-3-5-16(8-13)27-11-15-9-17(22-21-15)19(26)23-7-6-14(10-23)18(25)20-2/h3-5,8-9,14H,6-7,10-11H2,1-2H3,(H,20,25)(H,21,22)/t14-/m0/s1. The van der Waals surface area contributed by atoms with Crippen LogP contribution in [0.25, 0.3) is 0 Å². The minimum Gasteiger partial charge on any atom is -0.487 e. The first kappa shape index (κ1) is 18.6. The highest BCUT2D eigenvalue weighted by atomic mass is 16.5. The minimum atomic E-state index is -0.206. The van der Waals surface area contributed by atoms with Crippen LogP contribution in [0.5, 0.6) is 5.75 Å². The first-order chi connectivity index (χ1) is 13.0. The third-order valence-corrected chi connectivity index (χ3v) is 4.58. The van der Waals surface area contributed by atoms with Crippen LogP contribution in [-0.2, 0) is 11.4 Å². The summed E-state index contributed by atoms with van der Waals surface area (Å²) < 4.78 is 5.66. The number of rotatable bonds is 6. The van der Waals surface area contributed by atoms with E-state index >= 15 is 0 Å². The van der Waals surface area contributed by atoms with Crippen molar-refractivity contribution in [3.8, 4) is 5.75 Å². The van der Waals surface area contributed by atoms with Gasteiger partial charge in [-0.25, -0.2) is 0 Å². The maximum Gasteiger partial charge on any atom is 0.274 e. The van der Waals surface area contributed by atoms with E-state index in [1.54, 1.807) is 42.3 Å². The Morgan fingerprint density at radius 2 is 2.15 bits per heavy atom. The highest BCUT2D eigenvalue weighted by Crippen LogP contribution is 2.19. The van der Waals surface area contributed by atoms with Crippen molar-refractivity contribution in [1.82, 2.24) is 20.4 Å². The number of hydrogen-bond acceptors (Lipinski definition) is 5. The van der Waals surface area contributed by atoms with Crippen LogP contribution in [0.2, 0.25) is 0 Å². The molecule has 2 amide bonds. The SMILES string of the molecule is CNC(=O)[C@H]1CCN(C(=O)c2cc(COc3cccc(C(C)=O)c3)[nH]n2)C1. The second-order valence-corrected chi connectivity index (χ2v) is 6.50. The van der Waals surface area contributed by atoms with E-state index < -0.39 is 0 Å². The average Bonchev–Trinajstić information content (AvgIpc) is 3.35. The highest BCUT2D eigenvalue weighted by molar-refractivity contribution is 5.94. The Morgan fingerprint density at radius 1 is 1.33 bits per heavy atom. The molecule has 2 aromatic rings. The quantitative estimate of drug-likeness (QED) is 0.748. The second-order valence-electron chi connectivity index (χ2n) is 6.50. The van der Waals surface area contributed by atoms with Gasteiger partial charge in [0.25, 0.3) is 5.91 Å².